The molecule has 6 nitrogen and oxygen atoms in total. The molecule has 0 aliphatic carbocycles. The van der Waals surface area contributed by atoms with Crippen LogP contribution in [0.4, 0.5) is 0 Å². The second-order valence-electron chi connectivity index (χ2n) is 10.5. The molecule has 2 aromatic carbocycles. The van der Waals surface area contributed by atoms with Crippen LogP contribution in [0, 0.1) is 5.92 Å². The lowest BCUT2D eigenvalue weighted by Gasteiger charge is -2.19. The van der Waals surface area contributed by atoms with Crippen LogP contribution >= 0.6 is 0 Å². The van der Waals surface area contributed by atoms with E-state index in [1.165, 1.54) is 55.4 Å². The molecular weight excluding hydrogens is 504 g/mol. The quantitative estimate of drug-likeness (QED) is 0.139. The van der Waals surface area contributed by atoms with Crippen LogP contribution in [0.3, 0.4) is 0 Å². The van der Waals surface area contributed by atoms with E-state index < -0.39 is 24.1 Å². The van der Waals surface area contributed by atoms with Gasteiger partial charge in [-0.05, 0) is 73.8 Å². The molecule has 0 aliphatic heterocycles. The Balaban J connectivity index is 2.10. The molecular formula is C34H46O6. The highest BCUT2D eigenvalue weighted by molar-refractivity contribution is 5.89. The minimum absolute atomic E-state index is 0.00231. The van der Waals surface area contributed by atoms with Crippen molar-refractivity contribution < 1.29 is 29.3 Å². The molecule has 0 saturated heterocycles. The van der Waals surface area contributed by atoms with Gasteiger partial charge in [0.15, 0.2) is 0 Å². The number of ether oxygens (including phenoxy) is 2. The van der Waals surface area contributed by atoms with Crippen LogP contribution in [-0.4, -0.2) is 47.6 Å². The average Bonchev–Trinajstić information content (AvgIpc) is 2.95. The van der Waals surface area contributed by atoms with Crippen molar-refractivity contribution in [2.75, 3.05) is 13.2 Å². The van der Waals surface area contributed by atoms with Crippen LogP contribution in [0.1, 0.15) is 70.1 Å². The predicted molar refractivity (Wildman–Crippen MR) is 160 cm³/mol. The lowest BCUT2D eigenvalue weighted by molar-refractivity contribution is -0.145. The molecule has 0 amide bonds. The van der Waals surface area contributed by atoms with Crippen LogP contribution in [-0.2, 0) is 38.3 Å². The van der Waals surface area contributed by atoms with E-state index in [1.807, 2.05) is 0 Å². The summed E-state index contributed by atoms with van der Waals surface area (Å²) in [5.41, 5.74) is 6.13. The monoisotopic (exact) mass is 550 g/mol. The summed E-state index contributed by atoms with van der Waals surface area (Å²) in [5.74, 6) is -1.66. The van der Waals surface area contributed by atoms with Crippen molar-refractivity contribution in [2.24, 2.45) is 5.92 Å². The molecule has 0 radical (unpaired) electrons. The molecule has 0 aromatic heterocycles. The lowest BCUT2D eigenvalue weighted by Crippen LogP contribution is -2.25. The van der Waals surface area contributed by atoms with Crippen LogP contribution in [0.25, 0.3) is 11.1 Å². The summed E-state index contributed by atoms with van der Waals surface area (Å²) in [6, 6.07) is 15.3. The number of esters is 2. The van der Waals surface area contributed by atoms with Crippen molar-refractivity contribution in [1.82, 2.24) is 0 Å². The van der Waals surface area contributed by atoms with Crippen LogP contribution in [0.15, 0.2) is 66.8 Å². The average molecular weight is 551 g/mol. The number of rotatable bonds is 17. The molecule has 218 valence electrons. The van der Waals surface area contributed by atoms with E-state index in [1.54, 1.807) is 0 Å². The second kappa shape index (κ2) is 16.8. The molecule has 0 heterocycles. The molecule has 0 saturated carbocycles. The fourth-order valence-corrected chi connectivity index (χ4v) is 4.31. The largest absolute Gasteiger partial charge is 0.462 e. The Morgan fingerprint density at radius 3 is 1.85 bits per heavy atom. The number of carbonyl (C=O) groups is 2. The van der Waals surface area contributed by atoms with Gasteiger partial charge in [-0.15, -0.1) is 0 Å². The van der Waals surface area contributed by atoms with Crippen molar-refractivity contribution in [2.45, 2.75) is 84.8 Å². The summed E-state index contributed by atoms with van der Waals surface area (Å²) < 4.78 is 10.7. The molecule has 6 heteroatoms. The third-order valence-corrected chi connectivity index (χ3v) is 7.16. The van der Waals surface area contributed by atoms with Crippen molar-refractivity contribution in [3.63, 3.8) is 0 Å². The summed E-state index contributed by atoms with van der Waals surface area (Å²) in [5, 5.41) is 19.2. The predicted octanol–water partition coefficient (Wildman–Crippen LogP) is 6.16. The minimum atomic E-state index is -1.01. The first-order chi connectivity index (χ1) is 19.1. The molecule has 0 bridgehead atoms. The van der Waals surface area contributed by atoms with Crippen LogP contribution in [0.2, 0.25) is 0 Å². The molecule has 0 spiro atoms. The highest BCUT2D eigenvalue weighted by atomic mass is 16.5. The zero-order valence-corrected chi connectivity index (χ0v) is 24.6. The maximum absolute atomic E-state index is 12.2. The van der Waals surface area contributed by atoms with E-state index in [0.29, 0.717) is 12.8 Å². The number of carbonyl (C=O) groups excluding carboxylic acids is 2. The Hall–Kier alpha value is -3.22. The third kappa shape index (κ3) is 10.4. The third-order valence-electron chi connectivity index (χ3n) is 7.16. The minimum Gasteiger partial charge on any atom is -0.462 e. The SMILES string of the molecule is C=C(C(=O)OCC(CCc1ccc(-c2ccc(CCCCC)cc2)c(CC)c1)COC(=O)C(=C)C(C)O)C(C)O. The zero-order valence-electron chi connectivity index (χ0n) is 24.6. The van der Waals surface area contributed by atoms with Gasteiger partial charge >= 0.3 is 11.9 Å². The number of benzene rings is 2. The molecule has 2 unspecified atom stereocenters. The summed E-state index contributed by atoms with van der Waals surface area (Å²) in [6.07, 6.45) is 4.96. The molecule has 2 N–H and O–H groups in total. The molecule has 2 atom stereocenters. The van der Waals surface area contributed by atoms with Gasteiger partial charge in [0, 0.05) is 5.92 Å². The van der Waals surface area contributed by atoms with Gasteiger partial charge in [-0.1, -0.05) is 82.3 Å². The van der Waals surface area contributed by atoms with E-state index in [4.69, 9.17) is 9.47 Å². The Labute approximate surface area is 239 Å². The molecule has 2 aromatic rings. The van der Waals surface area contributed by atoms with E-state index in [2.05, 4.69) is 69.5 Å². The fraction of sp³-hybridized carbons (Fsp3) is 0.471. The fourth-order valence-electron chi connectivity index (χ4n) is 4.31. The van der Waals surface area contributed by atoms with Gasteiger partial charge in [0.1, 0.15) is 0 Å². The summed E-state index contributed by atoms with van der Waals surface area (Å²) in [7, 11) is 0. The van der Waals surface area contributed by atoms with E-state index in [-0.39, 0.29) is 30.3 Å². The van der Waals surface area contributed by atoms with E-state index in [9.17, 15) is 19.8 Å². The first-order valence-corrected chi connectivity index (χ1v) is 14.4. The van der Waals surface area contributed by atoms with E-state index in [0.717, 1.165) is 18.4 Å². The highest BCUT2D eigenvalue weighted by Gasteiger charge is 2.20. The number of hydrogen-bond donors (Lipinski definition) is 2. The van der Waals surface area contributed by atoms with Crippen LogP contribution < -0.4 is 0 Å². The molecule has 40 heavy (non-hydrogen) atoms. The van der Waals surface area contributed by atoms with Gasteiger partial charge in [-0.2, -0.15) is 0 Å². The maximum Gasteiger partial charge on any atom is 0.336 e. The Bertz CT molecular complexity index is 1090. The number of aliphatic hydroxyl groups is 2. The van der Waals surface area contributed by atoms with Gasteiger partial charge in [0.25, 0.3) is 0 Å². The molecule has 0 aliphatic rings. The maximum atomic E-state index is 12.2. The highest BCUT2D eigenvalue weighted by Crippen LogP contribution is 2.27. The summed E-state index contributed by atoms with van der Waals surface area (Å²) in [6.45, 7) is 14.4. The van der Waals surface area contributed by atoms with Gasteiger partial charge < -0.3 is 19.7 Å². The summed E-state index contributed by atoms with van der Waals surface area (Å²) in [4.78, 5) is 24.4. The van der Waals surface area contributed by atoms with Crippen molar-refractivity contribution in [3.8, 4) is 11.1 Å². The number of aryl methyl sites for hydroxylation is 3. The van der Waals surface area contributed by atoms with Crippen molar-refractivity contribution in [3.05, 3.63) is 83.5 Å². The van der Waals surface area contributed by atoms with Gasteiger partial charge in [0.05, 0.1) is 36.6 Å². The lowest BCUT2D eigenvalue weighted by atomic mass is 9.92. The summed E-state index contributed by atoms with van der Waals surface area (Å²) >= 11 is 0. The van der Waals surface area contributed by atoms with Gasteiger partial charge in [-0.3, -0.25) is 0 Å². The normalized spacial score (nSPS) is 13.2. The second-order valence-corrected chi connectivity index (χ2v) is 10.5. The molecule has 0 fully saturated rings. The number of hydrogen-bond acceptors (Lipinski definition) is 6. The number of unbranched alkanes of at least 4 members (excludes halogenated alkanes) is 2. The Morgan fingerprint density at radius 1 is 0.800 bits per heavy atom. The smallest absolute Gasteiger partial charge is 0.336 e. The first-order valence-electron chi connectivity index (χ1n) is 14.4. The van der Waals surface area contributed by atoms with Gasteiger partial charge in [-0.25, -0.2) is 9.59 Å². The van der Waals surface area contributed by atoms with E-state index >= 15 is 0 Å². The Morgan fingerprint density at radius 2 is 1.35 bits per heavy atom. The Kier molecular flexibility index (Phi) is 13.8. The number of aliphatic hydroxyl groups excluding tert-OH is 2. The van der Waals surface area contributed by atoms with Crippen molar-refractivity contribution >= 4 is 11.9 Å². The topological polar surface area (TPSA) is 93.1 Å². The molecule has 2 rings (SSSR count). The zero-order chi connectivity index (χ0) is 29.7. The van der Waals surface area contributed by atoms with Gasteiger partial charge in [0.2, 0.25) is 0 Å². The van der Waals surface area contributed by atoms with Crippen molar-refractivity contribution in [1.29, 1.82) is 0 Å². The standard InChI is InChI=1S/C34H46O6/c1-7-9-10-11-27-14-17-31(18-15-27)32-19-16-28(20-30(32)8-2)12-13-29(21-39-33(37)23(3)25(5)35)22-40-34(38)24(4)26(6)36/h14-20,25-26,29,35-36H,3-4,7-13,21-22H2,1-2,5-6H3. The van der Waals surface area contributed by atoms with Crippen LogP contribution in [0.5, 0.6) is 0 Å². The first kappa shape index (κ1) is 33.0.